The Morgan fingerprint density at radius 1 is 0.970 bits per heavy atom. The minimum Gasteiger partial charge on any atom is -0.449 e. The first-order valence-electron chi connectivity index (χ1n) is 11.1. The van der Waals surface area contributed by atoms with Crippen molar-refractivity contribution in [2.45, 2.75) is 13.0 Å². The van der Waals surface area contributed by atoms with E-state index >= 15 is 0 Å². The Morgan fingerprint density at radius 2 is 1.64 bits per heavy atom. The van der Waals surface area contributed by atoms with E-state index in [4.69, 9.17) is 16.3 Å². The molecule has 9 heteroatoms. The number of hydrogen-bond donors (Lipinski definition) is 2. The highest BCUT2D eigenvalue weighted by Gasteiger charge is 2.26. The predicted molar refractivity (Wildman–Crippen MR) is 127 cm³/mol. The van der Waals surface area contributed by atoms with Crippen molar-refractivity contribution in [1.29, 1.82) is 0 Å². The van der Waals surface area contributed by atoms with Crippen LogP contribution in [0.3, 0.4) is 0 Å². The summed E-state index contributed by atoms with van der Waals surface area (Å²) in [5, 5.41) is 0.737. The fourth-order valence-corrected chi connectivity index (χ4v) is 3.95. The van der Waals surface area contributed by atoms with Crippen molar-refractivity contribution in [2.75, 3.05) is 52.5 Å². The average molecular weight is 475 g/mol. The van der Waals surface area contributed by atoms with Crippen LogP contribution in [0, 0.1) is 0 Å². The number of nitrogens with zero attached hydrogens (tertiary/aromatic N) is 2. The van der Waals surface area contributed by atoms with Gasteiger partial charge in [-0.3, -0.25) is 20.0 Å². The number of amides is 2. The number of rotatable bonds is 9. The molecule has 0 aliphatic carbocycles. The molecule has 0 radical (unpaired) electrons. The molecular weight excluding hydrogens is 444 g/mol. The molecule has 1 saturated heterocycles. The Kier molecular flexibility index (Phi) is 9.96. The number of nitrogens with one attached hydrogen (secondary N) is 2. The summed E-state index contributed by atoms with van der Waals surface area (Å²) < 4.78 is 10.1. The van der Waals surface area contributed by atoms with Crippen molar-refractivity contribution in [1.82, 2.24) is 20.7 Å². The molecule has 178 valence electrons. The molecule has 0 saturated carbocycles. The lowest BCUT2D eigenvalue weighted by Crippen LogP contribution is -2.48. The van der Waals surface area contributed by atoms with Crippen molar-refractivity contribution >= 4 is 23.6 Å². The molecule has 1 heterocycles. The standard InChI is InChI=1S/C24H31ClN4O4/c1-2-33-24(31)27-26-22(30)18-32-17-16-28-12-14-29(15-13-28)23(19-6-4-3-5-7-19)20-8-10-21(25)11-9-20/h3-11,23H,2,12-18H2,1H3,(H,26,30)(H,27,31)/t23-/m1/s1. The number of carbonyl (C=O) groups is 2. The number of hydrogen-bond acceptors (Lipinski definition) is 6. The first-order chi connectivity index (χ1) is 16.1. The van der Waals surface area contributed by atoms with Crippen LogP contribution in [0.1, 0.15) is 24.1 Å². The molecule has 2 N–H and O–H groups in total. The van der Waals surface area contributed by atoms with Crippen LogP contribution in [0.15, 0.2) is 54.6 Å². The van der Waals surface area contributed by atoms with Crippen LogP contribution in [-0.4, -0.2) is 74.3 Å². The first-order valence-corrected chi connectivity index (χ1v) is 11.5. The minimum absolute atomic E-state index is 0.126. The normalized spacial score (nSPS) is 15.6. The van der Waals surface area contributed by atoms with E-state index in [-0.39, 0.29) is 19.3 Å². The van der Waals surface area contributed by atoms with Crippen LogP contribution in [-0.2, 0) is 14.3 Å². The summed E-state index contributed by atoms with van der Waals surface area (Å²) >= 11 is 6.11. The molecule has 0 bridgehead atoms. The van der Waals surface area contributed by atoms with Gasteiger partial charge >= 0.3 is 6.09 Å². The first kappa shape index (κ1) is 25.0. The monoisotopic (exact) mass is 474 g/mol. The maximum absolute atomic E-state index is 11.7. The third-order valence-electron chi connectivity index (χ3n) is 5.44. The molecule has 33 heavy (non-hydrogen) atoms. The molecule has 0 aromatic heterocycles. The zero-order chi connectivity index (χ0) is 23.5. The fraction of sp³-hybridized carbons (Fsp3) is 0.417. The van der Waals surface area contributed by atoms with Gasteiger partial charge in [-0.1, -0.05) is 54.1 Å². The summed E-state index contributed by atoms with van der Waals surface area (Å²) in [5.74, 6) is -0.429. The van der Waals surface area contributed by atoms with E-state index in [2.05, 4.69) is 61.8 Å². The van der Waals surface area contributed by atoms with Gasteiger partial charge in [0.25, 0.3) is 5.91 Å². The highest BCUT2D eigenvalue weighted by molar-refractivity contribution is 6.30. The Balaban J connectivity index is 1.43. The van der Waals surface area contributed by atoms with Gasteiger partial charge < -0.3 is 9.47 Å². The highest BCUT2D eigenvalue weighted by atomic mass is 35.5. The second kappa shape index (κ2) is 13.2. The van der Waals surface area contributed by atoms with Gasteiger partial charge in [0.15, 0.2) is 0 Å². The van der Waals surface area contributed by atoms with Gasteiger partial charge in [0, 0.05) is 37.7 Å². The van der Waals surface area contributed by atoms with Crippen LogP contribution < -0.4 is 10.9 Å². The number of piperazine rings is 1. The summed E-state index contributed by atoms with van der Waals surface area (Å²) in [4.78, 5) is 27.6. The molecule has 2 aromatic rings. The second-order valence-electron chi connectivity index (χ2n) is 7.69. The van der Waals surface area contributed by atoms with Crippen molar-refractivity contribution in [2.24, 2.45) is 0 Å². The van der Waals surface area contributed by atoms with Gasteiger partial charge in [0.2, 0.25) is 0 Å². The van der Waals surface area contributed by atoms with Gasteiger partial charge in [-0.05, 0) is 30.2 Å². The van der Waals surface area contributed by atoms with Crippen molar-refractivity contribution in [3.05, 3.63) is 70.7 Å². The number of halogens is 1. The smallest absolute Gasteiger partial charge is 0.426 e. The molecule has 2 amide bonds. The van der Waals surface area contributed by atoms with Gasteiger partial charge in [0.1, 0.15) is 6.61 Å². The molecule has 1 aliphatic rings. The quantitative estimate of drug-likeness (QED) is 0.429. The van der Waals surface area contributed by atoms with E-state index < -0.39 is 12.0 Å². The van der Waals surface area contributed by atoms with Crippen molar-refractivity contribution in [3.8, 4) is 0 Å². The summed E-state index contributed by atoms with van der Waals surface area (Å²) in [6, 6.07) is 18.8. The van der Waals surface area contributed by atoms with E-state index in [1.54, 1.807) is 6.92 Å². The second-order valence-corrected chi connectivity index (χ2v) is 8.13. The van der Waals surface area contributed by atoms with Crippen LogP contribution in [0.2, 0.25) is 5.02 Å². The third kappa shape index (κ3) is 8.01. The SMILES string of the molecule is CCOC(=O)NNC(=O)COCCN1CCN([C@H](c2ccccc2)c2ccc(Cl)cc2)CC1. The van der Waals surface area contributed by atoms with Crippen LogP contribution in [0.4, 0.5) is 4.79 Å². The van der Waals surface area contributed by atoms with Gasteiger partial charge in [-0.25, -0.2) is 10.2 Å². The van der Waals surface area contributed by atoms with E-state index in [0.29, 0.717) is 6.61 Å². The molecular formula is C24H31ClN4O4. The highest BCUT2D eigenvalue weighted by Crippen LogP contribution is 2.30. The average Bonchev–Trinajstić information content (AvgIpc) is 2.84. The third-order valence-corrected chi connectivity index (χ3v) is 5.69. The number of ether oxygens (including phenoxy) is 2. The van der Waals surface area contributed by atoms with E-state index in [1.807, 2.05) is 18.2 Å². The lowest BCUT2D eigenvalue weighted by Gasteiger charge is -2.39. The predicted octanol–water partition coefficient (Wildman–Crippen LogP) is 2.84. The molecule has 1 atom stereocenters. The summed E-state index contributed by atoms with van der Waals surface area (Å²) in [7, 11) is 0. The summed E-state index contributed by atoms with van der Waals surface area (Å²) in [6.45, 7) is 6.64. The molecule has 8 nitrogen and oxygen atoms in total. The minimum atomic E-state index is -0.698. The number of hydrazine groups is 1. The lowest BCUT2D eigenvalue weighted by molar-refractivity contribution is -0.126. The number of benzene rings is 2. The topological polar surface area (TPSA) is 83.1 Å². The van der Waals surface area contributed by atoms with Gasteiger partial charge in [0.05, 0.1) is 19.3 Å². The van der Waals surface area contributed by atoms with Crippen LogP contribution in [0.25, 0.3) is 0 Å². The van der Waals surface area contributed by atoms with E-state index in [9.17, 15) is 9.59 Å². The Labute approximate surface area is 199 Å². The zero-order valence-corrected chi connectivity index (χ0v) is 19.6. The summed E-state index contributed by atoms with van der Waals surface area (Å²) in [5.41, 5.74) is 6.89. The largest absolute Gasteiger partial charge is 0.449 e. The van der Waals surface area contributed by atoms with E-state index in [0.717, 1.165) is 37.7 Å². The number of carbonyl (C=O) groups excluding carboxylic acids is 2. The molecule has 2 aromatic carbocycles. The Morgan fingerprint density at radius 3 is 2.30 bits per heavy atom. The van der Waals surface area contributed by atoms with Crippen molar-refractivity contribution < 1.29 is 19.1 Å². The maximum atomic E-state index is 11.7. The van der Waals surface area contributed by atoms with E-state index in [1.165, 1.54) is 11.1 Å². The molecule has 0 spiro atoms. The van der Waals surface area contributed by atoms with Gasteiger partial charge in [-0.2, -0.15) is 0 Å². The Bertz CT molecular complexity index is 874. The molecule has 1 aliphatic heterocycles. The zero-order valence-electron chi connectivity index (χ0n) is 18.8. The molecule has 3 rings (SSSR count). The lowest BCUT2D eigenvalue weighted by atomic mass is 9.96. The Hall–Kier alpha value is -2.65. The molecule has 0 unspecified atom stereocenters. The van der Waals surface area contributed by atoms with Gasteiger partial charge in [-0.15, -0.1) is 0 Å². The van der Waals surface area contributed by atoms with Crippen molar-refractivity contribution in [3.63, 3.8) is 0 Å². The van der Waals surface area contributed by atoms with Crippen LogP contribution in [0.5, 0.6) is 0 Å². The molecule has 1 fully saturated rings. The maximum Gasteiger partial charge on any atom is 0.426 e. The van der Waals surface area contributed by atoms with Crippen LogP contribution >= 0.6 is 11.6 Å². The summed E-state index contributed by atoms with van der Waals surface area (Å²) in [6.07, 6.45) is -0.698. The fourth-order valence-electron chi connectivity index (χ4n) is 3.82.